The van der Waals surface area contributed by atoms with Gasteiger partial charge < -0.3 is 0 Å². The highest BCUT2D eigenvalue weighted by Gasteiger charge is 2.55. The van der Waals surface area contributed by atoms with Gasteiger partial charge in [0.05, 0.1) is 7.05 Å². The van der Waals surface area contributed by atoms with E-state index in [1.54, 1.807) is 0 Å². The number of nitrogens with zero attached hydrogens (tertiary/aromatic N) is 2. The Bertz CT molecular complexity index is 646. The molecule has 104 valence electrons. The van der Waals surface area contributed by atoms with Crippen molar-refractivity contribution < 1.29 is 4.57 Å². The fraction of sp³-hybridized carbons (Fsp3) is 0.611. The highest BCUT2D eigenvalue weighted by molar-refractivity contribution is 5.72. The summed E-state index contributed by atoms with van der Waals surface area (Å²) in [4.78, 5) is 0. The average molecular weight is 267 g/mol. The standard InChI is InChI=1S/C18H23N2/c1-19-12-20(17-5-3-2-4-16(17)19)18-9-13-6-14(10-18)8-15(7-13)11-18/h2-5,12-15H,6-11H2,1H3/q+1. The fourth-order valence-electron chi connectivity index (χ4n) is 6.00. The summed E-state index contributed by atoms with van der Waals surface area (Å²) in [5, 5.41) is 0. The molecule has 0 aliphatic heterocycles. The van der Waals surface area contributed by atoms with Gasteiger partial charge in [-0.15, -0.1) is 0 Å². The van der Waals surface area contributed by atoms with Crippen LogP contribution < -0.4 is 4.57 Å². The summed E-state index contributed by atoms with van der Waals surface area (Å²) in [7, 11) is 2.19. The molecule has 2 aromatic rings. The van der Waals surface area contributed by atoms with Crippen molar-refractivity contribution in [3.05, 3.63) is 30.6 Å². The molecule has 1 aromatic carbocycles. The van der Waals surface area contributed by atoms with E-state index in [4.69, 9.17) is 0 Å². The van der Waals surface area contributed by atoms with Crippen molar-refractivity contribution in [2.75, 3.05) is 0 Å². The largest absolute Gasteiger partial charge is 0.244 e. The quantitative estimate of drug-likeness (QED) is 0.700. The van der Waals surface area contributed by atoms with Crippen LogP contribution in [0.15, 0.2) is 30.6 Å². The Morgan fingerprint density at radius 3 is 2.25 bits per heavy atom. The second kappa shape index (κ2) is 3.66. The van der Waals surface area contributed by atoms with E-state index in [0.717, 1.165) is 17.8 Å². The first-order valence-electron chi connectivity index (χ1n) is 8.20. The van der Waals surface area contributed by atoms with E-state index in [0.29, 0.717) is 5.54 Å². The maximum atomic E-state index is 2.66. The van der Waals surface area contributed by atoms with Crippen LogP contribution in [0.4, 0.5) is 0 Å². The molecule has 4 aliphatic carbocycles. The van der Waals surface area contributed by atoms with Gasteiger partial charge in [0.1, 0.15) is 5.54 Å². The number of fused-ring (bicyclic) bond motifs is 1. The molecule has 0 amide bonds. The van der Waals surface area contributed by atoms with Crippen molar-refractivity contribution in [3.8, 4) is 0 Å². The first-order valence-corrected chi connectivity index (χ1v) is 8.20. The third-order valence-corrected chi connectivity index (χ3v) is 6.33. The molecule has 0 spiro atoms. The van der Waals surface area contributed by atoms with Crippen molar-refractivity contribution in [3.63, 3.8) is 0 Å². The van der Waals surface area contributed by atoms with Crippen LogP contribution in [-0.4, -0.2) is 4.57 Å². The number of benzene rings is 1. The number of aromatic nitrogens is 2. The smallest absolute Gasteiger partial charge is 0.233 e. The Labute approximate surface area is 120 Å². The predicted molar refractivity (Wildman–Crippen MR) is 79.3 cm³/mol. The van der Waals surface area contributed by atoms with Crippen LogP contribution in [0.5, 0.6) is 0 Å². The van der Waals surface area contributed by atoms with Crippen LogP contribution in [0.3, 0.4) is 0 Å². The highest BCUT2D eigenvalue weighted by atomic mass is 15.2. The second-order valence-electron chi connectivity index (χ2n) is 7.73. The van der Waals surface area contributed by atoms with E-state index in [9.17, 15) is 0 Å². The molecule has 4 fully saturated rings. The van der Waals surface area contributed by atoms with Crippen LogP contribution in [0, 0.1) is 17.8 Å². The molecule has 0 radical (unpaired) electrons. The molecular formula is C18H23N2+. The van der Waals surface area contributed by atoms with E-state index in [-0.39, 0.29) is 0 Å². The Morgan fingerprint density at radius 1 is 1.00 bits per heavy atom. The molecule has 0 N–H and O–H groups in total. The topological polar surface area (TPSA) is 8.81 Å². The minimum atomic E-state index is 0.440. The van der Waals surface area contributed by atoms with Gasteiger partial charge >= 0.3 is 0 Å². The molecule has 0 saturated heterocycles. The van der Waals surface area contributed by atoms with E-state index in [1.165, 1.54) is 49.6 Å². The van der Waals surface area contributed by atoms with Gasteiger partial charge in [-0.05, 0) is 68.4 Å². The lowest BCUT2D eigenvalue weighted by Crippen LogP contribution is -2.51. The summed E-state index contributed by atoms with van der Waals surface area (Å²) in [6.07, 6.45) is 11.2. The van der Waals surface area contributed by atoms with Crippen LogP contribution in [0.1, 0.15) is 38.5 Å². The van der Waals surface area contributed by atoms with Gasteiger partial charge in [-0.3, -0.25) is 0 Å². The third-order valence-electron chi connectivity index (χ3n) is 6.33. The van der Waals surface area contributed by atoms with E-state index < -0.39 is 0 Å². The van der Waals surface area contributed by atoms with Crippen molar-refractivity contribution in [2.24, 2.45) is 24.8 Å². The first-order chi connectivity index (χ1) is 9.73. The van der Waals surface area contributed by atoms with Crippen molar-refractivity contribution in [1.82, 2.24) is 4.57 Å². The highest BCUT2D eigenvalue weighted by Crippen LogP contribution is 2.59. The third kappa shape index (κ3) is 1.37. The van der Waals surface area contributed by atoms with Crippen molar-refractivity contribution in [1.29, 1.82) is 0 Å². The van der Waals surface area contributed by atoms with Crippen LogP contribution in [-0.2, 0) is 12.6 Å². The zero-order valence-corrected chi connectivity index (χ0v) is 12.3. The summed E-state index contributed by atoms with van der Waals surface area (Å²) >= 11 is 0. The molecule has 0 atom stereocenters. The molecule has 4 saturated carbocycles. The zero-order valence-electron chi connectivity index (χ0n) is 12.3. The maximum absolute atomic E-state index is 2.66. The monoisotopic (exact) mass is 267 g/mol. The molecular weight excluding hydrogens is 244 g/mol. The number of para-hydroxylation sites is 2. The number of hydrogen-bond acceptors (Lipinski definition) is 0. The molecule has 1 heterocycles. The summed E-state index contributed by atoms with van der Waals surface area (Å²) in [6, 6.07) is 8.92. The fourth-order valence-corrected chi connectivity index (χ4v) is 6.00. The minimum absolute atomic E-state index is 0.440. The summed E-state index contributed by atoms with van der Waals surface area (Å²) in [5.41, 5.74) is 3.26. The van der Waals surface area contributed by atoms with Crippen molar-refractivity contribution >= 4 is 11.0 Å². The lowest BCUT2D eigenvalue weighted by Gasteiger charge is -2.54. The van der Waals surface area contributed by atoms with E-state index in [2.05, 4.69) is 46.8 Å². The Balaban J connectivity index is 1.71. The number of hydrogen-bond donors (Lipinski definition) is 0. The summed E-state index contributed by atoms with van der Waals surface area (Å²) in [6.45, 7) is 0. The SMILES string of the molecule is C[n+]1cn(C23CC4CC(CC(C4)C2)C3)c2ccccc21. The molecule has 4 bridgehead atoms. The first kappa shape index (κ1) is 11.4. The summed E-state index contributed by atoms with van der Waals surface area (Å²) < 4.78 is 4.97. The van der Waals surface area contributed by atoms with Gasteiger partial charge in [-0.1, -0.05) is 12.1 Å². The second-order valence-corrected chi connectivity index (χ2v) is 7.73. The van der Waals surface area contributed by atoms with Crippen molar-refractivity contribution in [2.45, 2.75) is 44.1 Å². The van der Waals surface area contributed by atoms with Gasteiger partial charge in [0, 0.05) is 0 Å². The van der Waals surface area contributed by atoms with E-state index >= 15 is 0 Å². The van der Waals surface area contributed by atoms with Gasteiger partial charge in [-0.2, -0.15) is 0 Å². The lowest BCUT2D eigenvalue weighted by molar-refractivity contribution is -0.646. The molecule has 4 aliphatic rings. The Kier molecular flexibility index (Phi) is 2.08. The van der Waals surface area contributed by atoms with Crippen LogP contribution in [0.2, 0.25) is 0 Å². The van der Waals surface area contributed by atoms with E-state index in [1.807, 2.05) is 0 Å². The van der Waals surface area contributed by atoms with Crippen LogP contribution >= 0.6 is 0 Å². The van der Waals surface area contributed by atoms with Gasteiger partial charge in [0.2, 0.25) is 6.33 Å². The Hall–Kier alpha value is -1.31. The van der Waals surface area contributed by atoms with Gasteiger partial charge in [0.25, 0.3) is 0 Å². The molecule has 20 heavy (non-hydrogen) atoms. The zero-order chi connectivity index (χ0) is 13.3. The molecule has 6 rings (SSSR count). The lowest BCUT2D eigenvalue weighted by atomic mass is 9.53. The minimum Gasteiger partial charge on any atom is -0.233 e. The Morgan fingerprint density at radius 2 is 1.60 bits per heavy atom. The molecule has 2 heteroatoms. The van der Waals surface area contributed by atoms with Gasteiger partial charge in [0.15, 0.2) is 11.0 Å². The number of imidazole rings is 1. The molecule has 2 nitrogen and oxygen atoms in total. The normalized spacial score (nSPS) is 38.8. The van der Waals surface area contributed by atoms with Crippen LogP contribution in [0.25, 0.3) is 11.0 Å². The number of rotatable bonds is 1. The average Bonchev–Trinajstić information content (AvgIpc) is 2.76. The summed E-state index contributed by atoms with van der Waals surface area (Å²) in [5.74, 6) is 3.02. The maximum Gasteiger partial charge on any atom is 0.244 e. The molecule has 0 unspecified atom stereocenters. The predicted octanol–water partition coefficient (Wildman–Crippen LogP) is 3.39. The number of aryl methyl sites for hydroxylation is 1. The van der Waals surface area contributed by atoms with Gasteiger partial charge in [-0.25, -0.2) is 9.13 Å². The molecule has 1 aromatic heterocycles.